The van der Waals surface area contributed by atoms with E-state index in [9.17, 15) is 9.90 Å². The van der Waals surface area contributed by atoms with Crippen LogP contribution in [0.2, 0.25) is 0 Å². The molecule has 0 aliphatic heterocycles. The highest BCUT2D eigenvalue weighted by atomic mass is 16.6. The van der Waals surface area contributed by atoms with Crippen molar-refractivity contribution >= 4 is 6.09 Å². The first-order chi connectivity index (χ1) is 7.68. The minimum absolute atomic E-state index is 0.143. The van der Waals surface area contributed by atoms with Gasteiger partial charge in [-0.2, -0.15) is 0 Å². The van der Waals surface area contributed by atoms with E-state index in [1.54, 1.807) is 20.8 Å². The van der Waals surface area contributed by atoms with Crippen LogP contribution in [0, 0.1) is 5.92 Å². The Morgan fingerprint density at radius 3 is 2.59 bits per heavy atom. The Bertz CT molecular complexity index is 290. The zero-order chi connectivity index (χ0) is 13.3. The molecule has 0 spiro atoms. The SMILES string of the molecule is CC(C)(C)OC(=O)NC1(N)CCC(CO)C1O. The van der Waals surface area contributed by atoms with Gasteiger partial charge in [-0.15, -0.1) is 0 Å². The van der Waals surface area contributed by atoms with Gasteiger partial charge in [0, 0.05) is 12.5 Å². The average Bonchev–Trinajstić information content (AvgIpc) is 2.40. The molecule has 1 rings (SSSR count). The maximum absolute atomic E-state index is 11.6. The van der Waals surface area contributed by atoms with Crippen LogP contribution in [0.15, 0.2) is 0 Å². The highest BCUT2D eigenvalue weighted by molar-refractivity contribution is 5.68. The zero-order valence-corrected chi connectivity index (χ0v) is 10.6. The summed E-state index contributed by atoms with van der Waals surface area (Å²) in [5.74, 6) is -0.296. The number of nitrogens with two attached hydrogens (primary N) is 1. The number of alkyl carbamates (subject to hydrolysis) is 1. The van der Waals surface area contributed by atoms with Gasteiger partial charge >= 0.3 is 6.09 Å². The molecule has 3 atom stereocenters. The number of rotatable bonds is 2. The van der Waals surface area contributed by atoms with Crippen molar-refractivity contribution in [2.24, 2.45) is 11.7 Å². The van der Waals surface area contributed by atoms with Crippen molar-refractivity contribution < 1.29 is 19.7 Å². The number of carbonyl (C=O) groups is 1. The Kier molecular flexibility index (Phi) is 4.01. The molecule has 0 aromatic rings. The Morgan fingerprint density at radius 1 is 1.59 bits per heavy atom. The number of amides is 1. The Balaban J connectivity index is 2.59. The van der Waals surface area contributed by atoms with Crippen LogP contribution in [0.1, 0.15) is 33.6 Å². The van der Waals surface area contributed by atoms with Gasteiger partial charge in [0.1, 0.15) is 11.3 Å². The molecular formula is C11H22N2O4. The second-order valence-corrected chi connectivity index (χ2v) is 5.59. The molecular weight excluding hydrogens is 224 g/mol. The highest BCUT2D eigenvalue weighted by Crippen LogP contribution is 2.31. The lowest BCUT2D eigenvalue weighted by Gasteiger charge is -2.31. The standard InChI is InChI=1S/C11H22N2O4/c1-10(2,3)17-9(16)13-11(12)5-4-7(6-14)8(11)15/h7-8,14-15H,4-6,12H2,1-3H3,(H,13,16). The van der Waals surface area contributed by atoms with Gasteiger partial charge in [-0.1, -0.05) is 0 Å². The van der Waals surface area contributed by atoms with Gasteiger partial charge in [0.2, 0.25) is 0 Å². The van der Waals surface area contributed by atoms with Crippen molar-refractivity contribution in [1.82, 2.24) is 5.32 Å². The quantitative estimate of drug-likeness (QED) is 0.510. The summed E-state index contributed by atoms with van der Waals surface area (Å²) in [7, 11) is 0. The molecule has 1 aliphatic rings. The minimum atomic E-state index is -1.21. The Hall–Kier alpha value is -0.850. The van der Waals surface area contributed by atoms with Gasteiger partial charge in [0.05, 0.1) is 6.10 Å². The van der Waals surface area contributed by atoms with Crippen LogP contribution < -0.4 is 11.1 Å². The number of nitrogens with one attached hydrogen (secondary N) is 1. The first-order valence-electron chi connectivity index (χ1n) is 5.77. The van der Waals surface area contributed by atoms with Crippen LogP contribution >= 0.6 is 0 Å². The molecule has 5 N–H and O–H groups in total. The van der Waals surface area contributed by atoms with Crippen molar-refractivity contribution in [2.45, 2.75) is 51.0 Å². The van der Waals surface area contributed by atoms with Crippen LogP contribution in [-0.4, -0.2) is 40.3 Å². The van der Waals surface area contributed by atoms with E-state index in [0.29, 0.717) is 12.8 Å². The monoisotopic (exact) mass is 246 g/mol. The van der Waals surface area contributed by atoms with Crippen LogP contribution in [0.4, 0.5) is 4.79 Å². The smallest absolute Gasteiger partial charge is 0.409 e. The van der Waals surface area contributed by atoms with E-state index in [2.05, 4.69) is 5.32 Å². The maximum Gasteiger partial charge on any atom is 0.409 e. The fraction of sp³-hybridized carbons (Fsp3) is 0.909. The van der Waals surface area contributed by atoms with E-state index < -0.39 is 23.5 Å². The summed E-state index contributed by atoms with van der Waals surface area (Å²) in [6, 6.07) is 0. The summed E-state index contributed by atoms with van der Waals surface area (Å²) >= 11 is 0. The summed E-state index contributed by atoms with van der Waals surface area (Å²) < 4.78 is 5.08. The van der Waals surface area contributed by atoms with Gasteiger partial charge in [0.25, 0.3) is 0 Å². The minimum Gasteiger partial charge on any atom is -0.444 e. The number of aliphatic hydroxyl groups excluding tert-OH is 2. The van der Waals surface area contributed by atoms with Crippen molar-refractivity contribution in [3.8, 4) is 0 Å². The fourth-order valence-electron chi connectivity index (χ4n) is 1.97. The van der Waals surface area contributed by atoms with E-state index in [1.165, 1.54) is 0 Å². The zero-order valence-electron chi connectivity index (χ0n) is 10.6. The predicted octanol–water partition coefficient (Wildman–Crippen LogP) is -0.0707. The summed E-state index contributed by atoms with van der Waals surface area (Å²) in [5.41, 5.74) is 4.09. The lowest BCUT2D eigenvalue weighted by molar-refractivity contribution is 0.0137. The topological polar surface area (TPSA) is 105 Å². The lowest BCUT2D eigenvalue weighted by atomic mass is 10.0. The second-order valence-electron chi connectivity index (χ2n) is 5.59. The molecule has 3 unspecified atom stereocenters. The van der Waals surface area contributed by atoms with Gasteiger partial charge < -0.3 is 26.0 Å². The largest absolute Gasteiger partial charge is 0.444 e. The molecule has 1 amide bonds. The summed E-state index contributed by atoms with van der Waals surface area (Å²) in [4.78, 5) is 11.6. The van der Waals surface area contributed by atoms with Crippen LogP contribution in [0.5, 0.6) is 0 Å². The van der Waals surface area contributed by atoms with E-state index >= 15 is 0 Å². The molecule has 0 bridgehead atoms. The number of ether oxygens (including phenoxy) is 1. The second kappa shape index (κ2) is 4.80. The third kappa shape index (κ3) is 3.55. The highest BCUT2D eigenvalue weighted by Gasteiger charge is 2.46. The first kappa shape index (κ1) is 14.2. The van der Waals surface area contributed by atoms with E-state index in [-0.39, 0.29) is 12.5 Å². The molecule has 1 fully saturated rings. The van der Waals surface area contributed by atoms with Crippen LogP contribution in [-0.2, 0) is 4.74 Å². The van der Waals surface area contributed by atoms with E-state index in [4.69, 9.17) is 15.6 Å². The molecule has 0 aromatic carbocycles. The summed E-state index contributed by atoms with van der Waals surface area (Å²) in [6.45, 7) is 5.10. The summed E-state index contributed by atoms with van der Waals surface area (Å²) in [5, 5.41) is 21.4. The third-order valence-electron chi connectivity index (χ3n) is 2.87. The Morgan fingerprint density at radius 2 is 2.18 bits per heavy atom. The molecule has 1 saturated carbocycles. The average molecular weight is 246 g/mol. The normalized spacial score (nSPS) is 33.5. The maximum atomic E-state index is 11.6. The fourth-order valence-corrected chi connectivity index (χ4v) is 1.97. The molecule has 0 aromatic heterocycles. The number of carbonyl (C=O) groups excluding carboxylic acids is 1. The van der Waals surface area contributed by atoms with Crippen molar-refractivity contribution in [2.75, 3.05) is 6.61 Å². The van der Waals surface area contributed by atoms with Crippen molar-refractivity contribution in [1.29, 1.82) is 0 Å². The van der Waals surface area contributed by atoms with Crippen LogP contribution in [0.25, 0.3) is 0 Å². The number of hydrogen-bond acceptors (Lipinski definition) is 5. The van der Waals surface area contributed by atoms with E-state index in [1.807, 2.05) is 0 Å². The molecule has 6 nitrogen and oxygen atoms in total. The third-order valence-corrected chi connectivity index (χ3v) is 2.87. The molecule has 0 heterocycles. The molecule has 1 aliphatic carbocycles. The van der Waals surface area contributed by atoms with Gasteiger partial charge in [-0.05, 0) is 33.6 Å². The predicted molar refractivity (Wildman–Crippen MR) is 62.1 cm³/mol. The Labute approximate surface area is 101 Å². The summed E-state index contributed by atoms with van der Waals surface area (Å²) in [6.07, 6.45) is -0.625. The molecule has 0 radical (unpaired) electrons. The molecule has 100 valence electrons. The number of hydrogen-bond donors (Lipinski definition) is 4. The van der Waals surface area contributed by atoms with Crippen LogP contribution in [0.3, 0.4) is 0 Å². The van der Waals surface area contributed by atoms with Gasteiger partial charge in [0.15, 0.2) is 0 Å². The van der Waals surface area contributed by atoms with E-state index in [0.717, 1.165) is 0 Å². The van der Waals surface area contributed by atoms with Crippen molar-refractivity contribution in [3.63, 3.8) is 0 Å². The van der Waals surface area contributed by atoms with Crippen molar-refractivity contribution in [3.05, 3.63) is 0 Å². The molecule has 6 heteroatoms. The van der Waals surface area contributed by atoms with Gasteiger partial charge in [-0.25, -0.2) is 4.79 Å². The van der Waals surface area contributed by atoms with Gasteiger partial charge in [-0.3, -0.25) is 0 Å². The first-order valence-corrected chi connectivity index (χ1v) is 5.77. The molecule has 17 heavy (non-hydrogen) atoms. The molecule has 0 saturated heterocycles. The number of aliphatic hydroxyl groups is 2. The lowest BCUT2D eigenvalue weighted by Crippen LogP contribution is -2.62.